The fourth-order valence-electron chi connectivity index (χ4n) is 1.72. The molecule has 0 aliphatic rings. The number of aliphatic carboxylic acids is 1. The number of unbranched alkanes of at least 4 members (excludes halogenated alkanes) is 1. The zero-order chi connectivity index (χ0) is 15.7. The topological polar surface area (TPSA) is 78.9 Å². The molecule has 0 bridgehead atoms. The Hall–Kier alpha value is -1.79. The Morgan fingerprint density at radius 3 is 2.76 bits per heavy atom. The number of ether oxygens (including phenoxy) is 1. The van der Waals surface area contributed by atoms with Gasteiger partial charge in [-0.2, -0.15) is 0 Å². The summed E-state index contributed by atoms with van der Waals surface area (Å²) in [4.78, 5) is 24.2. The zero-order valence-electron chi connectivity index (χ0n) is 11.8. The molecule has 0 aromatic heterocycles. The van der Waals surface area contributed by atoms with E-state index in [1.807, 2.05) is 0 Å². The number of carboxylic acids is 1. The number of hydrogen-bond donors (Lipinski definition) is 2. The summed E-state index contributed by atoms with van der Waals surface area (Å²) in [5.41, 5.74) is 0.444. The minimum absolute atomic E-state index is 0.426. The summed E-state index contributed by atoms with van der Waals surface area (Å²) in [6, 6.07) is 6.05. The van der Waals surface area contributed by atoms with E-state index in [4.69, 9.17) is 21.4 Å². The number of amides is 2. The van der Waals surface area contributed by atoms with Crippen molar-refractivity contribution in [2.75, 3.05) is 31.7 Å². The average molecular weight is 315 g/mol. The van der Waals surface area contributed by atoms with E-state index in [1.54, 1.807) is 31.4 Å². The highest BCUT2D eigenvalue weighted by Crippen LogP contribution is 2.19. The molecule has 0 unspecified atom stereocenters. The van der Waals surface area contributed by atoms with Crippen molar-refractivity contribution in [2.24, 2.45) is 0 Å². The summed E-state index contributed by atoms with van der Waals surface area (Å²) in [5, 5.41) is 12.1. The Labute approximate surface area is 128 Å². The molecule has 21 heavy (non-hydrogen) atoms. The molecule has 0 fully saturated rings. The first-order chi connectivity index (χ1) is 10.0. The van der Waals surface area contributed by atoms with Crippen LogP contribution >= 0.6 is 11.6 Å². The van der Waals surface area contributed by atoms with E-state index in [2.05, 4.69) is 5.32 Å². The van der Waals surface area contributed by atoms with Crippen molar-refractivity contribution >= 4 is 29.3 Å². The minimum atomic E-state index is -1.09. The van der Waals surface area contributed by atoms with E-state index in [-0.39, 0.29) is 0 Å². The molecule has 7 heteroatoms. The summed E-state index contributed by atoms with van der Waals surface area (Å²) in [6.45, 7) is 0.659. The maximum absolute atomic E-state index is 12.1. The molecule has 2 amide bonds. The van der Waals surface area contributed by atoms with Crippen LogP contribution in [0.3, 0.4) is 0 Å². The highest BCUT2D eigenvalue weighted by Gasteiger charge is 2.18. The van der Waals surface area contributed by atoms with Crippen molar-refractivity contribution < 1.29 is 19.4 Å². The molecule has 0 atom stereocenters. The van der Waals surface area contributed by atoms with E-state index >= 15 is 0 Å². The number of urea groups is 1. The fourth-order valence-corrected chi connectivity index (χ4v) is 1.91. The number of carbonyl (C=O) groups excluding carboxylic acids is 1. The lowest BCUT2D eigenvalue weighted by Crippen LogP contribution is -2.43. The number of carbonyl (C=O) groups is 2. The van der Waals surface area contributed by atoms with Crippen LogP contribution in [0.15, 0.2) is 24.3 Å². The predicted molar refractivity (Wildman–Crippen MR) is 80.9 cm³/mol. The maximum atomic E-state index is 12.1. The third-order valence-corrected chi connectivity index (χ3v) is 2.94. The van der Waals surface area contributed by atoms with Gasteiger partial charge in [0.25, 0.3) is 0 Å². The standard InChI is InChI=1S/C14H19ClN2O4/c1-21-8-3-2-7-16-14(20)17(10-13(18)19)12-6-4-5-11(15)9-12/h4-6,9H,2-3,7-8,10H2,1H3,(H,16,20)(H,18,19). The number of nitrogens with one attached hydrogen (secondary N) is 1. The first-order valence-electron chi connectivity index (χ1n) is 6.56. The van der Waals surface area contributed by atoms with Gasteiger partial charge < -0.3 is 15.2 Å². The lowest BCUT2D eigenvalue weighted by Gasteiger charge is -2.21. The lowest BCUT2D eigenvalue weighted by atomic mass is 10.3. The summed E-state index contributed by atoms with van der Waals surface area (Å²) >= 11 is 5.87. The highest BCUT2D eigenvalue weighted by atomic mass is 35.5. The van der Waals surface area contributed by atoms with E-state index in [9.17, 15) is 9.59 Å². The van der Waals surface area contributed by atoms with E-state index in [1.165, 1.54) is 0 Å². The molecule has 0 aliphatic carbocycles. The van der Waals surface area contributed by atoms with Crippen LogP contribution < -0.4 is 10.2 Å². The van der Waals surface area contributed by atoms with Gasteiger partial charge in [-0.15, -0.1) is 0 Å². The van der Waals surface area contributed by atoms with Crippen molar-refractivity contribution in [2.45, 2.75) is 12.8 Å². The van der Waals surface area contributed by atoms with Gasteiger partial charge in [0, 0.05) is 31.0 Å². The Balaban J connectivity index is 2.64. The number of nitrogens with zero attached hydrogens (tertiary/aromatic N) is 1. The lowest BCUT2D eigenvalue weighted by molar-refractivity contribution is -0.135. The molecule has 0 saturated heterocycles. The molecule has 0 spiro atoms. The number of methoxy groups -OCH3 is 1. The van der Waals surface area contributed by atoms with Gasteiger partial charge in [-0.05, 0) is 31.0 Å². The van der Waals surface area contributed by atoms with Gasteiger partial charge in [-0.1, -0.05) is 17.7 Å². The number of benzene rings is 1. The van der Waals surface area contributed by atoms with E-state index < -0.39 is 18.5 Å². The average Bonchev–Trinajstić information content (AvgIpc) is 2.44. The molecule has 2 N–H and O–H groups in total. The van der Waals surface area contributed by atoms with Crippen LogP contribution in [0.25, 0.3) is 0 Å². The Bertz CT molecular complexity index is 482. The Kier molecular flexibility index (Phi) is 7.56. The van der Waals surface area contributed by atoms with Gasteiger partial charge >= 0.3 is 12.0 Å². The largest absolute Gasteiger partial charge is 0.480 e. The highest BCUT2D eigenvalue weighted by molar-refractivity contribution is 6.30. The van der Waals surface area contributed by atoms with Gasteiger partial charge in [0.15, 0.2) is 0 Å². The maximum Gasteiger partial charge on any atom is 0.323 e. The number of carboxylic acid groups (broad SMARTS) is 1. The van der Waals surface area contributed by atoms with Crippen LogP contribution in [0.2, 0.25) is 5.02 Å². The minimum Gasteiger partial charge on any atom is -0.480 e. The summed E-state index contributed by atoms with van der Waals surface area (Å²) in [6.07, 6.45) is 1.59. The molecule has 0 radical (unpaired) electrons. The second-order valence-electron chi connectivity index (χ2n) is 4.39. The van der Waals surface area contributed by atoms with Crippen molar-refractivity contribution in [3.63, 3.8) is 0 Å². The normalized spacial score (nSPS) is 10.2. The Morgan fingerprint density at radius 1 is 1.38 bits per heavy atom. The monoisotopic (exact) mass is 314 g/mol. The van der Waals surface area contributed by atoms with Crippen LogP contribution in [0.4, 0.5) is 10.5 Å². The summed E-state index contributed by atoms with van der Waals surface area (Å²) in [7, 11) is 1.62. The molecule has 0 heterocycles. The molecule has 1 rings (SSSR count). The van der Waals surface area contributed by atoms with Crippen molar-refractivity contribution in [3.8, 4) is 0 Å². The van der Waals surface area contributed by atoms with Gasteiger partial charge in [0.1, 0.15) is 6.54 Å². The van der Waals surface area contributed by atoms with Gasteiger partial charge in [0.2, 0.25) is 0 Å². The molecule has 116 valence electrons. The molecule has 1 aromatic rings. The quantitative estimate of drug-likeness (QED) is 0.722. The second kappa shape index (κ2) is 9.20. The van der Waals surface area contributed by atoms with E-state index in [0.717, 1.165) is 17.7 Å². The smallest absolute Gasteiger partial charge is 0.323 e. The van der Waals surface area contributed by atoms with Crippen molar-refractivity contribution in [1.82, 2.24) is 5.32 Å². The summed E-state index contributed by atoms with van der Waals surface area (Å²) in [5.74, 6) is -1.09. The first kappa shape index (κ1) is 17.3. The third kappa shape index (κ3) is 6.46. The predicted octanol–water partition coefficient (Wildman–Crippen LogP) is 2.37. The Morgan fingerprint density at radius 2 is 2.14 bits per heavy atom. The molecular weight excluding hydrogens is 296 g/mol. The van der Waals surface area contributed by atoms with Crippen LogP contribution in [-0.2, 0) is 9.53 Å². The van der Waals surface area contributed by atoms with Crippen molar-refractivity contribution in [3.05, 3.63) is 29.3 Å². The zero-order valence-corrected chi connectivity index (χ0v) is 12.6. The van der Waals surface area contributed by atoms with Crippen LogP contribution in [0.1, 0.15) is 12.8 Å². The molecule has 1 aromatic carbocycles. The number of hydrogen-bond acceptors (Lipinski definition) is 3. The van der Waals surface area contributed by atoms with Crippen molar-refractivity contribution in [1.29, 1.82) is 0 Å². The molecule has 6 nitrogen and oxygen atoms in total. The SMILES string of the molecule is COCCCCNC(=O)N(CC(=O)O)c1cccc(Cl)c1. The molecule has 0 aliphatic heterocycles. The van der Waals surface area contributed by atoms with Gasteiger partial charge in [-0.3, -0.25) is 9.69 Å². The first-order valence-corrected chi connectivity index (χ1v) is 6.94. The molecule has 0 saturated carbocycles. The van der Waals surface area contributed by atoms with Crippen LogP contribution in [-0.4, -0.2) is 43.9 Å². The number of halogens is 1. The van der Waals surface area contributed by atoms with Crippen LogP contribution in [0, 0.1) is 0 Å². The second-order valence-corrected chi connectivity index (χ2v) is 4.83. The third-order valence-electron chi connectivity index (χ3n) is 2.71. The van der Waals surface area contributed by atoms with Gasteiger partial charge in [-0.25, -0.2) is 4.79 Å². The molecular formula is C14H19ClN2O4. The van der Waals surface area contributed by atoms with Crippen LogP contribution in [0.5, 0.6) is 0 Å². The number of rotatable bonds is 8. The van der Waals surface area contributed by atoms with Gasteiger partial charge in [0.05, 0.1) is 0 Å². The number of anilines is 1. The fraction of sp³-hybridized carbons (Fsp3) is 0.429. The van der Waals surface area contributed by atoms with E-state index in [0.29, 0.717) is 23.9 Å². The summed E-state index contributed by atoms with van der Waals surface area (Å²) < 4.78 is 4.92.